The van der Waals surface area contributed by atoms with Crippen molar-refractivity contribution < 1.29 is 17.9 Å². The van der Waals surface area contributed by atoms with Gasteiger partial charge in [0, 0.05) is 6.54 Å². The second-order valence-corrected chi connectivity index (χ2v) is 5.97. The zero-order valence-corrected chi connectivity index (χ0v) is 13.0. The van der Waals surface area contributed by atoms with Crippen molar-refractivity contribution in [2.24, 2.45) is 11.8 Å². The van der Waals surface area contributed by atoms with Crippen LogP contribution >= 0.6 is 0 Å². The minimum atomic E-state index is -4.31. The Morgan fingerprint density at radius 1 is 1.00 bits per heavy atom. The molecule has 0 aliphatic carbocycles. The highest BCUT2D eigenvalue weighted by atomic mass is 19.4. The van der Waals surface area contributed by atoms with E-state index in [1.165, 1.54) is 12.1 Å². The lowest BCUT2D eigenvalue weighted by Gasteiger charge is -2.24. The lowest BCUT2D eigenvalue weighted by atomic mass is 10.1. The largest absolute Gasteiger partial charge is 0.489 e. The standard InChI is InChI=1S/C16H24F3NO/c1-11(2)9-20-10-15(12(3)4)21-14-7-5-13(6-8-14)16(17,18)19/h5-8,11-12,15,20H,9-10H2,1-4H3. The van der Waals surface area contributed by atoms with Crippen molar-refractivity contribution in [2.75, 3.05) is 13.1 Å². The Balaban J connectivity index is 2.62. The van der Waals surface area contributed by atoms with Crippen LogP contribution < -0.4 is 10.1 Å². The fourth-order valence-corrected chi connectivity index (χ4v) is 1.82. The third-order valence-electron chi connectivity index (χ3n) is 3.11. The van der Waals surface area contributed by atoms with Crippen LogP contribution in [0.1, 0.15) is 33.3 Å². The number of hydrogen-bond donors (Lipinski definition) is 1. The number of rotatable bonds is 7. The molecule has 1 N–H and O–H groups in total. The molecule has 1 atom stereocenters. The summed E-state index contributed by atoms with van der Waals surface area (Å²) in [6.45, 7) is 9.87. The van der Waals surface area contributed by atoms with Crippen LogP contribution in [0.5, 0.6) is 5.75 Å². The van der Waals surface area contributed by atoms with Crippen LogP contribution in [0.15, 0.2) is 24.3 Å². The van der Waals surface area contributed by atoms with Crippen molar-refractivity contribution in [2.45, 2.75) is 40.0 Å². The lowest BCUT2D eigenvalue weighted by Crippen LogP contribution is -2.36. The summed E-state index contributed by atoms with van der Waals surface area (Å²) in [4.78, 5) is 0. The van der Waals surface area contributed by atoms with E-state index in [9.17, 15) is 13.2 Å². The Hall–Kier alpha value is -1.23. The molecule has 120 valence electrons. The molecule has 0 fully saturated rings. The van der Waals surface area contributed by atoms with E-state index in [-0.39, 0.29) is 12.0 Å². The molecule has 5 heteroatoms. The molecule has 21 heavy (non-hydrogen) atoms. The molecule has 0 heterocycles. The minimum Gasteiger partial charge on any atom is -0.489 e. The fraction of sp³-hybridized carbons (Fsp3) is 0.625. The van der Waals surface area contributed by atoms with Crippen LogP contribution in [0.4, 0.5) is 13.2 Å². The Morgan fingerprint density at radius 3 is 2.00 bits per heavy atom. The van der Waals surface area contributed by atoms with Crippen LogP contribution in [-0.2, 0) is 6.18 Å². The summed E-state index contributed by atoms with van der Waals surface area (Å²) < 4.78 is 43.3. The van der Waals surface area contributed by atoms with Crippen molar-refractivity contribution >= 4 is 0 Å². The van der Waals surface area contributed by atoms with E-state index in [0.717, 1.165) is 18.7 Å². The number of hydrogen-bond acceptors (Lipinski definition) is 2. The van der Waals surface area contributed by atoms with E-state index in [0.29, 0.717) is 18.2 Å². The van der Waals surface area contributed by atoms with E-state index >= 15 is 0 Å². The summed E-state index contributed by atoms with van der Waals surface area (Å²) in [7, 11) is 0. The van der Waals surface area contributed by atoms with Gasteiger partial charge in [-0.1, -0.05) is 27.7 Å². The van der Waals surface area contributed by atoms with E-state index in [2.05, 4.69) is 19.2 Å². The zero-order chi connectivity index (χ0) is 16.0. The molecular formula is C16H24F3NO. The Bertz CT molecular complexity index is 413. The highest BCUT2D eigenvalue weighted by Gasteiger charge is 2.30. The number of ether oxygens (including phenoxy) is 1. The van der Waals surface area contributed by atoms with E-state index in [1.54, 1.807) is 0 Å². The number of halogens is 3. The van der Waals surface area contributed by atoms with Crippen LogP contribution in [0.25, 0.3) is 0 Å². The van der Waals surface area contributed by atoms with Gasteiger partial charge in [-0.15, -0.1) is 0 Å². The maximum atomic E-state index is 12.5. The van der Waals surface area contributed by atoms with Gasteiger partial charge in [-0.2, -0.15) is 13.2 Å². The summed E-state index contributed by atoms with van der Waals surface area (Å²) in [6.07, 6.45) is -4.38. The molecule has 1 unspecified atom stereocenters. The predicted molar refractivity (Wildman–Crippen MR) is 78.4 cm³/mol. The average Bonchev–Trinajstić information content (AvgIpc) is 2.36. The first-order valence-electron chi connectivity index (χ1n) is 7.24. The first-order chi connectivity index (χ1) is 9.70. The second-order valence-electron chi connectivity index (χ2n) is 5.97. The molecular weight excluding hydrogens is 279 g/mol. The summed E-state index contributed by atoms with van der Waals surface area (Å²) in [5.41, 5.74) is -0.658. The molecule has 1 rings (SSSR count). The molecule has 0 aromatic heterocycles. The molecule has 0 bridgehead atoms. The maximum absolute atomic E-state index is 12.5. The summed E-state index contributed by atoms with van der Waals surface area (Å²) in [5.74, 6) is 1.28. The average molecular weight is 303 g/mol. The van der Waals surface area contributed by atoms with Gasteiger partial charge in [-0.3, -0.25) is 0 Å². The monoisotopic (exact) mass is 303 g/mol. The Labute approximate surface area is 124 Å². The topological polar surface area (TPSA) is 21.3 Å². The SMILES string of the molecule is CC(C)CNCC(Oc1ccc(C(F)(F)F)cc1)C(C)C. The normalized spacial score (nSPS) is 13.8. The molecule has 2 nitrogen and oxygen atoms in total. The van der Waals surface area contributed by atoms with Gasteiger partial charge in [0.05, 0.1) is 5.56 Å². The first-order valence-corrected chi connectivity index (χ1v) is 7.24. The van der Waals surface area contributed by atoms with Crippen molar-refractivity contribution in [3.8, 4) is 5.75 Å². The summed E-state index contributed by atoms with van der Waals surface area (Å²) in [6, 6.07) is 4.85. The van der Waals surface area contributed by atoms with Gasteiger partial charge in [-0.25, -0.2) is 0 Å². The van der Waals surface area contributed by atoms with E-state index in [1.807, 2.05) is 13.8 Å². The molecule has 1 aromatic rings. The highest BCUT2D eigenvalue weighted by molar-refractivity contribution is 5.29. The minimum absolute atomic E-state index is 0.0690. The van der Waals surface area contributed by atoms with Crippen molar-refractivity contribution in [3.05, 3.63) is 29.8 Å². The Morgan fingerprint density at radius 2 is 1.57 bits per heavy atom. The number of benzene rings is 1. The molecule has 1 aromatic carbocycles. The lowest BCUT2D eigenvalue weighted by molar-refractivity contribution is -0.137. The molecule has 0 saturated heterocycles. The zero-order valence-electron chi connectivity index (χ0n) is 13.0. The van der Waals surface area contributed by atoms with Gasteiger partial charge >= 0.3 is 6.18 Å². The quantitative estimate of drug-likeness (QED) is 0.808. The third kappa shape index (κ3) is 6.38. The van der Waals surface area contributed by atoms with Gasteiger partial charge < -0.3 is 10.1 Å². The third-order valence-corrected chi connectivity index (χ3v) is 3.11. The molecule has 0 saturated carbocycles. The first kappa shape index (κ1) is 17.8. The van der Waals surface area contributed by atoms with E-state index < -0.39 is 11.7 Å². The molecule has 0 aliphatic rings. The Kier molecular flexibility index (Phi) is 6.52. The van der Waals surface area contributed by atoms with Crippen LogP contribution in [0, 0.1) is 11.8 Å². The smallest absolute Gasteiger partial charge is 0.416 e. The fourth-order valence-electron chi connectivity index (χ4n) is 1.82. The van der Waals surface area contributed by atoms with Crippen molar-refractivity contribution in [1.82, 2.24) is 5.32 Å². The molecule has 0 amide bonds. The number of alkyl halides is 3. The van der Waals surface area contributed by atoms with Crippen LogP contribution in [-0.4, -0.2) is 19.2 Å². The molecule has 0 spiro atoms. The van der Waals surface area contributed by atoms with Crippen molar-refractivity contribution in [3.63, 3.8) is 0 Å². The highest BCUT2D eigenvalue weighted by Crippen LogP contribution is 2.30. The van der Waals surface area contributed by atoms with E-state index in [4.69, 9.17) is 4.74 Å². The van der Waals surface area contributed by atoms with Crippen LogP contribution in [0.2, 0.25) is 0 Å². The van der Waals surface area contributed by atoms with Gasteiger partial charge in [0.25, 0.3) is 0 Å². The van der Waals surface area contributed by atoms with Gasteiger partial charge in [0.1, 0.15) is 11.9 Å². The maximum Gasteiger partial charge on any atom is 0.416 e. The molecule has 0 aliphatic heterocycles. The summed E-state index contributed by atoms with van der Waals surface area (Å²) >= 11 is 0. The van der Waals surface area contributed by atoms with Gasteiger partial charge in [0.15, 0.2) is 0 Å². The second kappa shape index (κ2) is 7.69. The predicted octanol–water partition coefficient (Wildman–Crippen LogP) is 4.35. The van der Waals surface area contributed by atoms with Crippen molar-refractivity contribution in [1.29, 1.82) is 0 Å². The summed E-state index contributed by atoms with van der Waals surface area (Å²) in [5, 5.41) is 3.32. The van der Waals surface area contributed by atoms with Crippen LogP contribution in [0.3, 0.4) is 0 Å². The molecule has 0 radical (unpaired) electrons. The van der Waals surface area contributed by atoms with Gasteiger partial charge in [0.2, 0.25) is 0 Å². The van der Waals surface area contributed by atoms with Gasteiger partial charge in [-0.05, 0) is 42.6 Å². The number of nitrogens with one attached hydrogen (secondary N) is 1.